The van der Waals surface area contributed by atoms with Gasteiger partial charge in [0.1, 0.15) is 6.29 Å². The summed E-state index contributed by atoms with van der Waals surface area (Å²) in [5.41, 5.74) is 6.23. The van der Waals surface area contributed by atoms with E-state index in [9.17, 15) is 4.79 Å². The summed E-state index contributed by atoms with van der Waals surface area (Å²) in [6, 6.07) is 20.5. The van der Waals surface area contributed by atoms with Crippen LogP contribution in [-0.4, -0.2) is 11.3 Å². The summed E-state index contributed by atoms with van der Waals surface area (Å²) in [6.45, 7) is 0. The van der Waals surface area contributed by atoms with E-state index in [1.165, 1.54) is 21.9 Å². The summed E-state index contributed by atoms with van der Waals surface area (Å²) >= 11 is 0. The van der Waals surface area contributed by atoms with Gasteiger partial charge in [0, 0.05) is 22.1 Å². The molecule has 1 aliphatic rings. The summed E-state index contributed by atoms with van der Waals surface area (Å²) in [5.74, 6) is 0. The Balaban J connectivity index is 1.94. The third-order valence-electron chi connectivity index (χ3n) is 4.42. The van der Waals surface area contributed by atoms with Gasteiger partial charge in [0.2, 0.25) is 0 Å². The lowest BCUT2D eigenvalue weighted by molar-refractivity contribution is 0.112. The van der Waals surface area contributed by atoms with Crippen LogP contribution in [0.2, 0.25) is 0 Å². The first-order valence-electron chi connectivity index (χ1n) is 7.28. The fourth-order valence-electron chi connectivity index (χ4n) is 3.44. The first-order valence-corrected chi connectivity index (χ1v) is 7.28. The minimum atomic E-state index is 0.683. The maximum atomic E-state index is 11.0. The average Bonchev–Trinajstić information content (AvgIpc) is 2.88. The smallest absolute Gasteiger partial charge is 0.150 e. The van der Waals surface area contributed by atoms with Crippen molar-refractivity contribution < 1.29 is 4.79 Å². The minimum absolute atomic E-state index is 0.683. The van der Waals surface area contributed by atoms with E-state index >= 15 is 0 Å². The monoisotopic (exact) mass is 281 g/mol. The van der Waals surface area contributed by atoms with Crippen molar-refractivity contribution in [1.82, 2.24) is 4.98 Å². The molecule has 0 unspecified atom stereocenters. The molecule has 0 atom stereocenters. The van der Waals surface area contributed by atoms with E-state index in [0.29, 0.717) is 5.56 Å². The summed E-state index contributed by atoms with van der Waals surface area (Å²) in [7, 11) is 0. The van der Waals surface area contributed by atoms with Gasteiger partial charge in [-0.2, -0.15) is 0 Å². The van der Waals surface area contributed by atoms with Crippen LogP contribution in [0.5, 0.6) is 0 Å². The molecular formula is C20H11NO. The van der Waals surface area contributed by atoms with Crippen LogP contribution in [0.4, 0.5) is 0 Å². The van der Waals surface area contributed by atoms with Gasteiger partial charge < -0.3 is 0 Å². The zero-order valence-electron chi connectivity index (χ0n) is 11.7. The molecular weight excluding hydrogens is 270 g/mol. The van der Waals surface area contributed by atoms with Crippen molar-refractivity contribution in [2.75, 3.05) is 0 Å². The Hall–Kier alpha value is -3.00. The van der Waals surface area contributed by atoms with Crippen molar-refractivity contribution in [3.8, 4) is 22.4 Å². The number of rotatable bonds is 1. The van der Waals surface area contributed by atoms with Gasteiger partial charge in [-0.1, -0.05) is 36.4 Å². The number of pyridine rings is 1. The predicted octanol–water partition coefficient (Wildman–Crippen LogP) is 4.85. The number of aldehydes is 1. The minimum Gasteiger partial charge on any atom is -0.298 e. The quantitative estimate of drug-likeness (QED) is 0.411. The zero-order chi connectivity index (χ0) is 14.7. The van der Waals surface area contributed by atoms with E-state index in [1.54, 1.807) is 0 Å². The zero-order valence-corrected chi connectivity index (χ0v) is 11.7. The largest absolute Gasteiger partial charge is 0.298 e. The van der Waals surface area contributed by atoms with Crippen LogP contribution in [0.25, 0.3) is 44.1 Å². The molecule has 2 heteroatoms. The highest BCUT2D eigenvalue weighted by Gasteiger charge is 2.22. The second-order valence-electron chi connectivity index (χ2n) is 5.66. The molecule has 1 aromatic heterocycles. The molecule has 1 heterocycles. The van der Waals surface area contributed by atoms with Gasteiger partial charge in [-0.05, 0) is 40.6 Å². The Morgan fingerprint density at radius 2 is 1.59 bits per heavy atom. The Bertz CT molecular complexity index is 1090. The van der Waals surface area contributed by atoms with E-state index in [-0.39, 0.29) is 0 Å². The lowest BCUT2D eigenvalue weighted by Crippen LogP contribution is -1.87. The van der Waals surface area contributed by atoms with Gasteiger partial charge in [0.05, 0.1) is 11.2 Å². The lowest BCUT2D eigenvalue weighted by Gasteiger charge is -2.05. The molecule has 5 rings (SSSR count). The molecule has 3 aromatic carbocycles. The number of benzene rings is 3. The first kappa shape index (κ1) is 11.6. The van der Waals surface area contributed by atoms with Crippen LogP contribution < -0.4 is 0 Å². The molecule has 2 nitrogen and oxygen atoms in total. The molecule has 0 saturated heterocycles. The van der Waals surface area contributed by atoms with Crippen LogP contribution in [-0.2, 0) is 0 Å². The van der Waals surface area contributed by atoms with Crippen molar-refractivity contribution in [3.05, 3.63) is 66.2 Å². The molecule has 0 aliphatic heterocycles. The van der Waals surface area contributed by atoms with Gasteiger partial charge in [-0.15, -0.1) is 0 Å². The van der Waals surface area contributed by atoms with Crippen molar-refractivity contribution in [2.45, 2.75) is 0 Å². The molecule has 22 heavy (non-hydrogen) atoms. The Morgan fingerprint density at radius 3 is 2.41 bits per heavy atom. The Labute approximate surface area is 127 Å². The molecule has 4 aromatic rings. The molecule has 0 fully saturated rings. The van der Waals surface area contributed by atoms with Crippen LogP contribution in [0.3, 0.4) is 0 Å². The average molecular weight is 281 g/mol. The highest BCUT2D eigenvalue weighted by molar-refractivity contribution is 6.15. The molecule has 0 amide bonds. The van der Waals surface area contributed by atoms with Gasteiger partial charge in [-0.25, -0.2) is 4.98 Å². The fourth-order valence-corrected chi connectivity index (χ4v) is 3.44. The molecule has 1 aliphatic carbocycles. The summed E-state index contributed by atoms with van der Waals surface area (Å²) in [5, 5.41) is 3.53. The van der Waals surface area contributed by atoms with E-state index in [2.05, 4.69) is 42.5 Å². The summed E-state index contributed by atoms with van der Waals surface area (Å²) in [4.78, 5) is 15.9. The molecule has 0 saturated carbocycles. The highest BCUT2D eigenvalue weighted by atomic mass is 16.1. The number of hydrogen-bond acceptors (Lipinski definition) is 2. The summed E-state index contributed by atoms with van der Waals surface area (Å²) < 4.78 is 0. The highest BCUT2D eigenvalue weighted by Crippen LogP contribution is 2.46. The Kier molecular flexibility index (Phi) is 2.12. The number of fused-ring (bicyclic) bond motifs is 4. The van der Waals surface area contributed by atoms with Gasteiger partial charge in [0.15, 0.2) is 0 Å². The van der Waals surface area contributed by atoms with Crippen LogP contribution in [0.15, 0.2) is 60.7 Å². The van der Waals surface area contributed by atoms with Crippen LogP contribution >= 0.6 is 0 Å². The molecule has 0 N–H and O–H groups in total. The molecule has 102 valence electrons. The third-order valence-corrected chi connectivity index (χ3v) is 4.42. The summed E-state index contributed by atoms with van der Waals surface area (Å²) in [6.07, 6.45) is 0.877. The lowest BCUT2D eigenvalue weighted by atomic mass is 10.0. The number of carbonyl (C=O) groups excluding carboxylic acids is 1. The molecule has 0 bridgehead atoms. The number of nitrogens with zero attached hydrogens (tertiary/aromatic N) is 1. The molecule has 0 radical (unpaired) electrons. The van der Waals surface area contributed by atoms with Crippen molar-refractivity contribution in [3.63, 3.8) is 0 Å². The van der Waals surface area contributed by atoms with Crippen molar-refractivity contribution in [1.29, 1.82) is 0 Å². The SMILES string of the molecule is O=Cc1ccc2nc3c(cc2c1)-c1cccc2cccc-3c12. The standard InChI is InChI=1S/C20H11NO/c22-11-12-7-8-18-14(9-12)10-17-15-5-1-3-13-4-2-6-16(19(13)15)20(17)21-18/h1-11H. The maximum Gasteiger partial charge on any atom is 0.150 e. The normalized spacial score (nSPS) is 11.8. The fraction of sp³-hybridized carbons (Fsp3) is 0. The van der Waals surface area contributed by atoms with Crippen molar-refractivity contribution in [2.24, 2.45) is 0 Å². The number of hydrogen-bond donors (Lipinski definition) is 0. The van der Waals surface area contributed by atoms with Crippen LogP contribution in [0, 0.1) is 0 Å². The van der Waals surface area contributed by atoms with E-state index in [0.717, 1.165) is 28.4 Å². The number of carbonyl (C=O) groups is 1. The predicted molar refractivity (Wildman–Crippen MR) is 89.1 cm³/mol. The van der Waals surface area contributed by atoms with Crippen LogP contribution in [0.1, 0.15) is 10.4 Å². The van der Waals surface area contributed by atoms with Gasteiger partial charge >= 0.3 is 0 Å². The van der Waals surface area contributed by atoms with Gasteiger partial charge in [0.25, 0.3) is 0 Å². The maximum absolute atomic E-state index is 11.0. The topological polar surface area (TPSA) is 30.0 Å². The van der Waals surface area contributed by atoms with E-state index in [4.69, 9.17) is 4.98 Å². The van der Waals surface area contributed by atoms with Gasteiger partial charge in [-0.3, -0.25) is 4.79 Å². The second-order valence-corrected chi connectivity index (χ2v) is 5.66. The van der Waals surface area contributed by atoms with E-state index in [1.807, 2.05) is 18.2 Å². The number of aromatic nitrogens is 1. The second kappa shape index (κ2) is 4.01. The van der Waals surface area contributed by atoms with E-state index < -0.39 is 0 Å². The third kappa shape index (κ3) is 1.39. The first-order chi connectivity index (χ1) is 10.8. The van der Waals surface area contributed by atoms with Crippen molar-refractivity contribution >= 4 is 28.0 Å². The molecule has 0 spiro atoms. The Morgan fingerprint density at radius 1 is 0.773 bits per heavy atom.